The van der Waals surface area contributed by atoms with Gasteiger partial charge in [0.15, 0.2) is 5.84 Å². The van der Waals surface area contributed by atoms with E-state index in [0.29, 0.717) is 16.3 Å². The lowest BCUT2D eigenvalue weighted by Gasteiger charge is -2.06. The van der Waals surface area contributed by atoms with E-state index in [0.717, 1.165) is 0 Å². The van der Waals surface area contributed by atoms with Crippen LogP contribution in [0.4, 0.5) is 5.69 Å². The van der Waals surface area contributed by atoms with Crippen LogP contribution in [0.2, 0.25) is 5.02 Å². The Bertz CT molecular complexity index is 418. The average Bonchev–Trinajstić information content (AvgIpc) is 2.19. The first-order chi connectivity index (χ1) is 7.04. The summed E-state index contributed by atoms with van der Waals surface area (Å²) in [5, 5.41) is 14.2. The minimum atomic E-state index is -0.214. The maximum absolute atomic E-state index is 10.8. The smallest absolute Gasteiger partial charge is 0.221 e. The zero-order valence-corrected chi connectivity index (χ0v) is 8.75. The fourth-order valence-electron chi connectivity index (χ4n) is 1.02. The van der Waals surface area contributed by atoms with Crippen molar-refractivity contribution in [3.63, 3.8) is 0 Å². The molecule has 0 aliphatic rings. The van der Waals surface area contributed by atoms with Crippen molar-refractivity contribution in [1.82, 2.24) is 0 Å². The Morgan fingerprint density at radius 1 is 1.60 bits per heavy atom. The molecule has 0 aromatic heterocycles. The second kappa shape index (κ2) is 4.65. The minimum Gasteiger partial charge on any atom is -0.409 e. The summed E-state index contributed by atoms with van der Waals surface area (Å²) < 4.78 is 0. The number of amidine groups is 1. The molecule has 1 aromatic rings. The lowest BCUT2D eigenvalue weighted by molar-refractivity contribution is -0.114. The molecular formula is C9H10ClN3O2. The van der Waals surface area contributed by atoms with E-state index in [9.17, 15) is 4.79 Å². The molecular weight excluding hydrogens is 218 g/mol. The van der Waals surface area contributed by atoms with Gasteiger partial charge in [-0.15, -0.1) is 0 Å². The third-order valence-corrected chi connectivity index (χ3v) is 2.00. The average molecular weight is 228 g/mol. The zero-order chi connectivity index (χ0) is 11.4. The van der Waals surface area contributed by atoms with Gasteiger partial charge in [0.2, 0.25) is 5.91 Å². The molecule has 4 N–H and O–H groups in total. The van der Waals surface area contributed by atoms with Gasteiger partial charge in [0.25, 0.3) is 0 Å². The van der Waals surface area contributed by atoms with E-state index in [1.807, 2.05) is 0 Å². The molecule has 1 rings (SSSR count). The Kier molecular flexibility index (Phi) is 3.51. The molecule has 6 heteroatoms. The predicted octanol–water partition coefficient (Wildman–Crippen LogP) is 1.39. The van der Waals surface area contributed by atoms with Crippen molar-refractivity contribution in [3.05, 3.63) is 28.8 Å². The molecule has 1 aromatic carbocycles. The van der Waals surface area contributed by atoms with Gasteiger partial charge in [-0.1, -0.05) is 16.8 Å². The highest BCUT2D eigenvalue weighted by Gasteiger charge is 2.05. The van der Waals surface area contributed by atoms with E-state index in [1.165, 1.54) is 13.0 Å². The highest BCUT2D eigenvalue weighted by Crippen LogP contribution is 2.22. The molecule has 0 spiro atoms. The van der Waals surface area contributed by atoms with Crippen LogP contribution in [0.5, 0.6) is 0 Å². The number of amides is 1. The van der Waals surface area contributed by atoms with Crippen LogP contribution in [-0.2, 0) is 4.79 Å². The van der Waals surface area contributed by atoms with Crippen molar-refractivity contribution in [2.24, 2.45) is 10.9 Å². The Morgan fingerprint density at radius 3 is 2.73 bits per heavy atom. The summed E-state index contributed by atoms with van der Waals surface area (Å²) in [6.45, 7) is 1.38. The Labute approximate surface area is 91.5 Å². The van der Waals surface area contributed by atoms with Crippen molar-refractivity contribution in [1.29, 1.82) is 0 Å². The van der Waals surface area contributed by atoms with Crippen molar-refractivity contribution >= 4 is 29.0 Å². The number of hydrogen-bond donors (Lipinski definition) is 3. The number of halogens is 1. The molecule has 0 unspecified atom stereocenters. The van der Waals surface area contributed by atoms with E-state index in [2.05, 4.69) is 10.5 Å². The molecule has 1 amide bonds. The van der Waals surface area contributed by atoms with Crippen LogP contribution < -0.4 is 11.1 Å². The van der Waals surface area contributed by atoms with Crippen LogP contribution in [0.15, 0.2) is 23.4 Å². The molecule has 0 fully saturated rings. The molecule has 0 bridgehead atoms. The van der Waals surface area contributed by atoms with Gasteiger partial charge in [0, 0.05) is 12.5 Å². The van der Waals surface area contributed by atoms with Crippen LogP contribution in [0.1, 0.15) is 12.5 Å². The SMILES string of the molecule is CC(=O)Nc1ccc(/C(N)=N/O)cc1Cl. The normalized spacial score (nSPS) is 11.2. The quantitative estimate of drug-likeness (QED) is 0.309. The Morgan fingerprint density at radius 2 is 2.27 bits per heavy atom. The molecule has 0 saturated carbocycles. The van der Waals surface area contributed by atoms with E-state index in [4.69, 9.17) is 22.5 Å². The molecule has 5 nitrogen and oxygen atoms in total. The lowest BCUT2D eigenvalue weighted by atomic mass is 10.2. The maximum Gasteiger partial charge on any atom is 0.221 e. The van der Waals surface area contributed by atoms with E-state index in [-0.39, 0.29) is 11.7 Å². The highest BCUT2D eigenvalue weighted by atomic mass is 35.5. The first-order valence-electron chi connectivity index (χ1n) is 4.09. The number of anilines is 1. The second-order valence-electron chi connectivity index (χ2n) is 2.86. The van der Waals surface area contributed by atoms with Gasteiger partial charge in [0.05, 0.1) is 10.7 Å². The number of benzene rings is 1. The summed E-state index contributed by atoms with van der Waals surface area (Å²) in [4.78, 5) is 10.8. The molecule has 0 aliphatic carbocycles. The lowest BCUT2D eigenvalue weighted by Crippen LogP contribution is -2.13. The zero-order valence-electron chi connectivity index (χ0n) is 7.99. The summed E-state index contributed by atoms with van der Waals surface area (Å²) in [6, 6.07) is 4.67. The highest BCUT2D eigenvalue weighted by molar-refractivity contribution is 6.34. The standard InChI is InChI=1S/C9H10ClN3O2/c1-5(14)12-8-3-2-6(4-7(8)10)9(11)13-15/h2-4,15H,1H3,(H2,11,13)(H,12,14). The van der Waals surface area contributed by atoms with Gasteiger partial charge in [-0.3, -0.25) is 4.79 Å². The molecule has 15 heavy (non-hydrogen) atoms. The van der Waals surface area contributed by atoms with Crippen molar-refractivity contribution < 1.29 is 10.0 Å². The van der Waals surface area contributed by atoms with Crippen LogP contribution in [0, 0.1) is 0 Å². The van der Waals surface area contributed by atoms with Crippen LogP contribution in [0.25, 0.3) is 0 Å². The number of oxime groups is 1. The van der Waals surface area contributed by atoms with Gasteiger partial charge < -0.3 is 16.3 Å². The molecule has 0 aliphatic heterocycles. The third kappa shape index (κ3) is 2.85. The molecule has 0 atom stereocenters. The number of carbonyl (C=O) groups is 1. The first-order valence-corrected chi connectivity index (χ1v) is 4.47. The number of nitrogens with one attached hydrogen (secondary N) is 1. The van der Waals surface area contributed by atoms with Crippen LogP contribution in [0.3, 0.4) is 0 Å². The Balaban J connectivity index is 3.03. The van der Waals surface area contributed by atoms with Crippen molar-refractivity contribution in [2.75, 3.05) is 5.32 Å². The largest absolute Gasteiger partial charge is 0.409 e. The van der Waals surface area contributed by atoms with Gasteiger partial charge in [-0.05, 0) is 18.2 Å². The van der Waals surface area contributed by atoms with Crippen molar-refractivity contribution in [2.45, 2.75) is 6.92 Å². The van der Waals surface area contributed by atoms with Crippen LogP contribution >= 0.6 is 11.6 Å². The van der Waals surface area contributed by atoms with Gasteiger partial charge in [-0.25, -0.2) is 0 Å². The summed E-state index contributed by atoms with van der Waals surface area (Å²) in [5.74, 6) is -0.250. The molecule has 0 radical (unpaired) electrons. The van der Waals surface area contributed by atoms with Crippen molar-refractivity contribution in [3.8, 4) is 0 Å². The number of hydrogen-bond acceptors (Lipinski definition) is 3. The summed E-state index contributed by atoms with van der Waals surface area (Å²) in [7, 11) is 0. The fraction of sp³-hybridized carbons (Fsp3) is 0.111. The van der Waals surface area contributed by atoms with E-state index >= 15 is 0 Å². The monoisotopic (exact) mass is 227 g/mol. The van der Waals surface area contributed by atoms with E-state index < -0.39 is 0 Å². The summed E-state index contributed by atoms with van der Waals surface area (Å²) >= 11 is 5.87. The van der Waals surface area contributed by atoms with E-state index in [1.54, 1.807) is 12.1 Å². The third-order valence-electron chi connectivity index (χ3n) is 1.68. The maximum atomic E-state index is 10.8. The first kappa shape index (κ1) is 11.3. The number of carbonyl (C=O) groups excluding carboxylic acids is 1. The predicted molar refractivity (Wildman–Crippen MR) is 58.3 cm³/mol. The molecule has 0 saturated heterocycles. The number of rotatable bonds is 2. The van der Waals surface area contributed by atoms with Gasteiger partial charge in [0.1, 0.15) is 0 Å². The number of nitrogens with zero attached hydrogens (tertiary/aromatic N) is 1. The Hall–Kier alpha value is -1.75. The van der Waals surface area contributed by atoms with Gasteiger partial charge in [-0.2, -0.15) is 0 Å². The fourth-order valence-corrected chi connectivity index (χ4v) is 1.25. The van der Waals surface area contributed by atoms with Crippen LogP contribution in [-0.4, -0.2) is 17.0 Å². The minimum absolute atomic E-state index is 0.0359. The summed E-state index contributed by atoms with van der Waals surface area (Å²) in [6.07, 6.45) is 0. The topological polar surface area (TPSA) is 87.7 Å². The number of nitrogens with two attached hydrogens (primary N) is 1. The van der Waals surface area contributed by atoms with Gasteiger partial charge >= 0.3 is 0 Å². The molecule has 80 valence electrons. The second-order valence-corrected chi connectivity index (χ2v) is 3.27. The summed E-state index contributed by atoms with van der Waals surface area (Å²) in [5.41, 5.74) is 6.34. The molecule has 0 heterocycles.